The van der Waals surface area contributed by atoms with Gasteiger partial charge in [-0.1, -0.05) is 104 Å². The quantitative estimate of drug-likeness (QED) is 0.0631. The Kier molecular flexibility index (Phi) is 24.1. The third kappa shape index (κ3) is 27.0. The second kappa shape index (κ2) is 24.1. The molecule has 0 aliphatic heterocycles. The van der Waals surface area contributed by atoms with E-state index in [0.29, 0.717) is 30.8 Å². The van der Waals surface area contributed by atoms with E-state index in [4.69, 9.17) is 18.5 Å². The van der Waals surface area contributed by atoms with E-state index in [9.17, 15) is 9.46 Å². The Hall–Kier alpha value is -0.0100. The predicted octanol–water partition coefficient (Wildman–Crippen LogP) is 7.51. The van der Waals surface area contributed by atoms with Crippen molar-refractivity contribution in [1.29, 1.82) is 0 Å². The van der Waals surface area contributed by atoms with Crippen LogP contribution in [0.25, 0.3) is 0 Å². The van der Waals surface area contributed by atoms with Gasteiger partial charge in [0.25, 0.3) is 0 Å². The van der Waals surface area contributed by atoms with Crippen LogP contribution in [0, 0.1) is 0 Å². The average Bonchev–Trinajstić information content (AvgIpc) is 2.81. The molecule has 1 N–H and O–H groups in total. The first-order valence-electron chi connectivity index (χ1n) is 14.8. The zero-order valence-corrected chi connectivity index (χ0v) is 25.4. The molecular weight excluding hydrogens is 477 g/mol. The number of phosphoric ester groups is 1. The first kappa shape index (κ1) is 36.0. The number of likely N-dealkylation sites (N-methyl/N-ethyl adjacent to an activating group) is 1. The second-order valence-electron chi connectivity index (χ2n) is 11.1. The summed E-state index contributed by atoms with van der Waals surface area (Å²) in [6.45, 7) is 6.92. The number of rotatable bonds is 28. The van der Waals surface area contributed by atoms with Crippen LogP contribution < -0.4 is 0 Å². The highest BCUT2D eigenvalue weighted by Gasteiger charge is 2.25. The molecule has 0 saturated heterocycles. The highest BCUT2D eigenvalue weighted by atomic mass is 31.2. The fourth-order valence-electron chi connectivity index (χ4n) is 3.83. The van der Waals surface area contributed by atoms with E-state index in [2.05, 4.69) is 13.8 Å². The van der Waals surface area contributed by atoms with E-state index in [0.717, 1.165) is 19.3 Å². The molecule has 0 heterocycles. The van der Waals surface area contributed by atoms with Crippen LogP contribution in [0.5, 0.6) is 0 Å². The van der Waals surface area contributed by atoms with Crippen molar-refractivity contribution in [1.82, 2.24) is 0 Å². The summed E-state index contributed by atoms with van der Waals surface area (Å²) in [5.41, 5.74) is 0. The van der Waals surface area contributed by atoms with Crippen LogP contribution in [0.3, 0.4) is 0 Å². The largest absolute Gasteiger partial charge is 0.472 e. The van der Waals surface area contributed by atoms with Crippen LogP contribution in [0.4, 0.5) is 0 Å². The van der Waals surface area contributed by atoms with Crippen molar-refractivity contribution < 1.29 is 32.5 Å². The van der Waals surface area contributed by atoms with Crippen LogP contribution in [-0.4, -0.2) is 76.2 Å². The maximum Gasteiger partial charge on any atom is 0.472 e. The monoisotopic (exact) mass is 538 g/mol. The Labute approximate surface area is 223 Å². The Bertz CT molecular complexity index is 515. The number of unbranched alkanes of at least 4 members (excludes halogenated alkanes) is 14. The fraction of sp³-hybridized carbons (Fsp3) is 1.00. The van der Waals surface area contributed by atoms with Gasteiger partial charge in [0.1, 0.15) is 19.3 Å². The van der Waals surface area contributed by atoms with Gasteiger partial charge in [0, 0.05) is 13.2 Å². The molecule has 0 saturated carbocycles. The molecule has 0 spiro atoms. The highest BCUT2D eigenvalue weighted by Crippen LogP contribution is 2.43. The number of hydrogen-bond acceptors (Lipinski definition) is 5. The number of hydrogen-bond donors (Lipinski definition) is 1. The molecule has 7 nitrogen and oxygen atoms in total. The molecule has 0 fully saturated rings. The molecule has 218 valence electrons. The van der Waals surface area contributed by atoms with Crippen LogP contribution >= 0.6 is 7.82 Å². The van der Waals surface area contributed by atoms with Gasteiger partial charge in [-0.2, -0.15) is 0 Å². The summed E-state index contributed by atoms with van der Waals surface area (Å²) in [5, 5.41) is 0. The third-order valence-electron chi connectivity index (χ3n) is 6.24. The van der Waals surface area contributed by atoms with Gasteiger partial charge in [-0.15, -0.1) is 0 Å². The molecule has 0 aromatic rings. The van der Waals surface area contributed by atoms with Gasteiger partial charge in [0.05, 0.1) is 34.4 Å². The summed E-state index contributed by atoms with van der Waals surface area (Å²) in [6, 6.07) is 0. The third-order valence-corrected chi connectivity index (χ3v) is 7.22. The molecule has 8 heteroatoms. The fourth-order valence-corrected chi connectivity index (χ4v) is 4.57. The summed E-state index contributed by atoms with van der Waals surface area (Å²) < 4.78 is 35.2. The molecule has 2 unspecified atom stereocenters. The molecule has 0 aromatic carbocycles. The molecule has 0 bridgehead atoms. The van der Waals surface area contributed by atoms with E-state index in [-0.39, 0.29) is 19.3 Å². The van der Waals surface area contributed by atoms with Gasteiger partial charge < -0.3 is 18.9 Å². The molecule has 36 heavy (non-hydrogen) atoms. The van der Waals surface area contributed by atoms with Gasteiger partial charge in [0.2, 0.25) is 0 Å². The van der Waals surface area contributed by atoms with Crippen molar-refractivity contribution >= 4 is 7.82 Å². The number of quaternary nitrogens is 1. The first-order valence-corrected chi connectivity index (χ1v) is 16.3. The Morgan fingerprint density at radius 2 is 1.11 bits per heavy atom. The lowest BCUT2D eigenvalue weighted by molar-refractivity contribution is -0.870. The average molecular weight is 539 g/mol. The molecule has 2 atom stereocenters. The summed E-state index contributed by atoms with van der Waals surface area (Å²) in [6.07, 6.45) is 19.6. The Balaban J connectivity index is 4.22. The van der Waals surface area contributed by atoms with Crippen molar-refractivity contribution in [2.24, 2.45) is 0 Å². The van der Waals surface area contributed by atoms with Gasteiger partial charge in [-0.3, -0.25) is 9.05 Å². The molecule has 0 rings (SSSR count). The minimum atomic E-state index is -4.11. The van der Waals surface area contributed by atoms with Gasteiger partial charge in [-0.05, 0) is 12.8 Å². The van der Waals surface area contributed by atoms with E-state index >= 15 is 0 Å². The Morgan fingerprint density at radius 1 is 0.639 bits per heavy atom. The normalized spacial score (nSPS) is 14.7. The van der Waals surface area contributed by atoms with Gasteiger partial charge in [-0.25, -0.2) is 4.57 Å². The molecule has 0 aliphatic rings. The Morgan fingerprint density at radius 3 is 1.61 bits per heavy atom. The van der Waals surface area contributed by atoms with Crippen LogP contribution in [-0.2, 0) is 23.1 Å². The molecule has 0 amide bonds. The van der Waals surface area contributed by atoms with Crippen molar-refractivity contribution in [2.75, 3.05) is 60.7 Å². The van der Waals surface area contributed by atoms with Crippen LogP contribution in [0.1, 0.15) is 117 Å². The summed E-state index contributed by atoms with van der Waals surface area (Å²) in [7, 11) is 1.91. The van der Waals surface area contributed by atoms with Gasteiger partial charge >= 0.3 is 7.82 Å². The van der Waals surface area contributed by atoms with E-state index in [1.165, 1.54) is 83.5 Å². The van der Waals surface area contributed by atoms with Crippen molar-refractivity contribution in [3.63, 3.8) is 0 Å². The van der Waals surface area contributed by atoms with Crippen molar-refractivity contribution in [2.45, 2.75) is 123 Å². The van der Waals surface area contributed by atoms with E-state index in [1.807, 2.05) is 21.1 Å². The summed E-state index contributed by atoms with van der Waals surface area (Å²) in [4.78, 5) is 10.0. The molecule has 0 aliphatic carbocycles. The number of phosphoric acid groups is 1. The molecule has 0 radical (unpaired) electrons. The topological polar surface area (TPSA) is 74.2 Å². The van der Waals surface area contributed by atoms with Crippen LogP contribution in [0.15, 0.2) is 0 Å². The zero-order chi connectivity index (χ0) is 27.0. The first-order chi connectivity index (χ1) is 17.2. The lowest BCUT2D eigenvalue weighted by atomic mass is 10.1. The number of ether oxygens (including phenoxy) is 2. The summed E-state index contributed by atoms with van der Waals surface area (Å²) >= 11 is 0. The maximum atomic E-state index is 12.3. The van der Waals surface area contributed by atoms with Crippen LogP contribution in [0.2, 0.25) is 0 Å². The minimum Gasteiger partial charge on any atom is -0.379 e. The number of nitrogens with zero attached hydrogens (tertiary/aromatic N) is 1. The van der Waals surface area contributed by atoms with Crippen molar-refractivity contribution in [3.8, 4) is 0 Å². The minimum absolute atomic E-state index is 0.00734. The molecule has 0 aromatic heterocycles. The van der Waals surface area contributed by atoms with Gasteiger partial charge in [0.15, 0.2) is 0 Å². The van der Waals surface area contributed by atoms with Crippen molar-refractivity contribution in [3.05, 3.63) is 0 Å². The smallest absolute Gasteiger partial charge is 0.379 e. The highest BCUT2D eigenvalue weighted by molar-refractivity contribution is 7.47. The summed E-state index contributed by atoms with van der Waals surface area (Å²) in [5.74, 6) is 0. The van der Waals surface area contributed by atoms with E-state index in [1.54, 1.807) is 0 Å². The standard InChI is InChI=1S/C28H60NO6P/c1-6-8-10-12-14-16-18-20-23-32-26-28(33-24-21-19-17-15-13-11-9-7-2)27-35-36(30,31)34-25-22-29(3,4)5/h28H,6-27H2,1-5H3/p+1. The molecular formula is C28H61NO6P+. The second-order valence-corrected chi connectivity index (χ2v) is 12.6. The maximum absolute atomic E-state index is 12.3. The lowest BCUT2D eigenvalue weighted by Crippen LogP contribution is -2.37. The lowest BCUT2D eigenvalue weighted by Gasteiger charge is -2.24. The zero-order valence-electron chi connectivity index (χ0n) is 24.5. The van der Waals surface area contributed by atoms with E-state index < -0.39 is 7.82 Å². The SMILES string of the molecule is CCCCCCCCCCOCC(COP(=O)(O)OCC[N+](C)(C)C)OCCCCCCCCCC. The predicted molar refractivity (Wildman–Crippen MR) is 150 cm³/mol.